The lowest BCUT2D eigenvalue weighted by atomic mass is 10.2. The summed E-state index contributed by atoms with van der Waals surface area (Å²) in [7, 11) is 0. The lowest BCUT2D eigenvalue weighted by molar-refractivity contribution is 0.0536. The molecule has 0 spiro atoms. The Bertz CT molecular complexity index is 311. The van der Waals surface area contributed by atoms with Gasteiger partial charge in [0.15, 0.2) is 0 Å². The van der Waals surface area contributed by atoms with Gasteiger partial charge in [-0.3, -0.25) is 0 Å². The zero-order valence-corrected chi connectivity index (χ0v) is 10.4. The normalized spacial score (nSPS) is 12.8. The maximum Gasteiger partial charge on any atom is 0.119 e. The number of rotatable bonds is 7. The minimum absolute atomic E-state index is 0.111. The quantitative estimate of drug-likeness (QED) is 0.662. The molecule has 1 aromatic rings. The molecule has 0 aromatic heterocycles. The van der Waals surface area contributed by atoms with Crippen LogP contribution in [0.15, 0.2) is 24.3 Å². The highest BCUT2D eigenvalue weighted by Gasteiger charge is 2.03. The molecule has 0 saturated carbocycles. The summed E-state index contributed by atoms with van der Waals surface area (Å²) in [6.45, 7) is 4.87. The van der Waals surface area contributed by atoms with Gasteiger partial charge in [0.1, 0.15) is 18.5 Å². The number of benzene rings is 1. The molecule has 1 rings (SSSR count). The highest BCUT2D eigenvalue weighted by molar-refractivity contribution is 5.27. The van der Waals surface area contributed by atoms with Crippen molar-refractivity contribution in [2.24, 2.45) is 0 Å². The van der Waals surface area contributed by atoms with E-state index >= 15 is 0 Å². The predicted octanol–water partition coefficient (Wildman–Crippen LogP) is 0.917. The van der Waals surface area contributed by atoms with E-state index in [1.165, 1.54) is 5.56 Å². The first-order chi connectivity index (χ1) is 8.11. The topological polar surface area (TPSA) is 61.7 Å². The molecule has 0 heterocycles. The fraction of sp³-hybridized carbons (Fsp3) is 0.538. The van der Waals surface area contributed by atoms with Gasteiger partial charge in [-0.25, -0.2) is 0 Å². The van der Waals surface area contributed by atoms with Crippen LogP contribution in [0.5, 0.6) is 5.75 Å². The highest BCUT2D eigenvalue weighted by atomic mass is 16.5. The van der Waals surface area contributed by atoms with Crippen LogP contribution in [-0.2, 0) is 6.54 Å². The van der Waals surface area contributed by atoms with Gasteiger partial charge < -0.3 is 20.3 Å². The van der Waals surface area contributed by atoms with Crippen LogP contribution in [0.25, 0.3) is 0 Å². The van der Waals surface area contributed by atoms with Crippen LogP contribution >= 0.6 is 0 Å². The van der Waals surface area contributed by atoms with Crippen LogP contribution in [0.2, 0.25) is 0 Å². The molecule has 1 aromatic carbocycles. The summed E-state index contributed by atoms with van der Waals surface area (Å²) >= 11 is 0. The Kier molecular flexibility index (Phi) is 5.97. The van der Waals surface area contributed by atoms with Crippen molar-refractivity contribution < 1.29 is 14.9 Å². The molecule has 3 N–H and O–H groups in total. The zero-order valence-electron chi connectivity index (χ0n) is 10.4. The molecule has 4 nitrogen and oxygen atoms in total. The van der Waals surface area contributed by atoms with Crippen LogP contribution < -0.4 is 10.1 Å². The molecule has 0 aliphatic carbocycles. The van der Waals surface area contributed by atoms with Crippen LogP contribution in [0.3, 0.4) is 0 Å². The molecule has 1 atom stereocenters. The Labute approximate surface area is 102 Å². The highest BCUT2D eigenvalue weighted by Crippen LogP contribution is 2.12. The third kappa shape index (κ3) is 5.68. The van der Waals surface area contributed by atoms with Crippen LogP contribution in [0.4, 0.5) is 0 Å². The van der Waals surface area contributed by atoms with E-state index in [0.29, 0.717) is 11.8 Å². The summed E-state index contributed by atoms with van der Waals surface area (Å²) in [4.78, 5) is 0. The van der Waals surface area contributed by atoms with Gasteiger partial charge in [0.25, 0.3) is 0 Å². The molecule has 0 bridgehead atoms. The second-order valence-electron chi connectivity index (χ2n) is 4.33. The molecule has 0 fully saturated rings. The summed E-state index contributed by atoms with van der Waals surface area (Å²) in [5, 5.41) is 21.1. The van der Waals surface area contributed by atoms with Crippen molar-refractivity contribution in [1.29, 1.82) is 0 Å². The van der Waals surface area contributed by atoms with E-state index in [9.17, 15) is 0 Å². The van der Waals surface area contributed by atoms with Crippen molar-refractivity contribution in [3.8, 4) is 5.75 Å². The second kappa shape index (κ2) is 7.27. The van der Waals surface area contributed by atoms with Crippen LogP contribution in [0.1, 0.15) is 19.4 Å². The minimum atomic E-state index is -0.822. The first-order valence-corrected chi connectivity index (χ1v) is 5.86. The molecule has 0 saturated heterocycles. The van der Waals surface area contributed by atoms with Gasteiger partial charge in [0.05, 0.1) is 6.61 Å². The van der Waals surface area contributed by atoms with Gasteiger partial charge in [0.2, 0.25) is 0 Å². The van der Waals surface area contributed by atoms with Gasteiger partial charge in [-0.05, 0) is 17.7 Å². The Balaban J connectivity index is 2.39. The Morgan fingerprint density at radius 2 is 1.88 bits per heavy atom. The fourth-order valence-corrected chi connectivity index (χ4v) is 1.27. The van der Waals surface area contributed by atoms with E-state index in [-0.39, 0.29) is 13.2 Å². The standard InChI is InChI=1S/C13H21NO3/c1-10(2)14-7-11-3-5-13(6-4-11)17-9-12(16)8-15/h3-6,10,12,14-16H,7-9H2,1-2H3. The molecule has 0 radical (unpaired) electrons. The van der Waals surface area contributed by atoms with Gasteiger partial charge in [-0.15, -0.1) is 0 Å². The number of aliphatic hydroxyl groups is 2. The third-order valence-corrected chi connectivity index (χ3v) is 2.29. The van der Waals surface area contributed by atoms with Crippen LogP contribution in [0, 0.1) is 0 Å². The zero-order chi connectivity index (χ0) is 12.7. The SMILES string of the molecule is CC(C)NCc1ccc(OCC(O)CO)cc1. The number of ether oxygens (including phenoxy) is 1. The summed E-state index contributed by atoms with van der Waals surface area (Å²) in [6.07, 6.45) is -0.822. The first-order valence-electron chi connectivity index (χ1n) is 5.86. The van der Waals surface area contributed by atoms with E-state index in [0.717, 1.165) is 6.54 Å². The lowest BCUT2D eigenvalue weighted by Gasteiger charge is -2.11. The molecule has 1 unspecified atom stereocenters. The third-order valence-electron chi connectivity index (χ3n) is 2.29. The van der Waals surface area contributed by atoms with Crippen molar-refractivity contribution in [3.63, 3.8) is 0 Å². The Hall–Kier alpha value is -1.10. The van der Waals surface area contributed by atoms with Crippen LogP contribution in [-0.4, -0.2) is 35.6 Å². The molecule has 0 aliphatic rings. The first kappa shape index (κ1) is 14.0. The van der Waals surface area contributed by atoms with Gasteiger partial charge in [-0.1, -0.05) is 26.0 Å². The number of hydrogen-bond donors (Lipinski definition) is 3. The summed E-state index contributed by atoms with van der Waals surface area (Å²) in [5.74, 6) is 0.700. The van der Waals surface area contributed by atoms with E-state index < -0.39 is 6.10 Å². The predicted molar refractivity (Wildman–Crippen MR) is 67.0 cm³/mol. The molecule has 4 heteroatoms. The van der Waals surface area contributed by atoms with Gasteiger partial charge >= 0.3 is 0 Å². The number of hydrogen-bond acceptors (Lipinski definition) is 4. The maximum atomic E-state index is 9.13. The average molecular weight is 239 g/mol. The van der Waals surface area contributed by atoms with E-state index in [1.807, 2.05) is 24.3 Å². The maximum absolute atomic E-state index is 9.13. The molecule has 0 aliphatic heterocycles. The van der Waals surface area contributed by atoms with Crippen molar-refractivity contribution in [3.05, 3.63) is 29.8 Å². The van der Waals surface area contributed by atoms with E-state index in [2.05, 4.69) is 19.2 Å². The van der Waals surface area contributed by atoms with E-state index in [4.69, 9.17) is 14.9 Å². The average Bonchev–Trinajstić information content (AvgIpc) is 2.34. The van der Waals surface area contributed by atoms with Crippen molar-refractivity contribution in [1.82, 2.24) is 5.32 Å². The Morgan fingerprint density at radius 1 is 1.24 bits per heavy atom. The van der Waals surface area contributed by atoms with Gasteiger partial charge in [-0.2, -0.15) is 0 Å². The molecule has 0 amide bonds. The monoisotopic (exact) mass is 239 g/mol. The number of aliphatic hydroxyl groups excluding tert-OH is 2. The summed E-state index contributed by atoms with van der Waals surface area (Å²) in [5.41, 5.74) is 1.19. The summed E-state index contributed by atoms with van der Waals surface area (Å²) in [6, 6.07) is 8.15. The second-order valence-corrected chi connectivity index (χ2v) is 4.33. The minimum Gasteiger partial charge on any atom is -0.491 e. The molecule has 96 valence electrons. The van der Waals surface area contributed by atoms with Gasteiger partial charge in [0, 0.05) is 12.6 Å². The van der Waals surface area contributed by atoms with Crippen molar-refractivity contribution in [2.75, 3.05) is 13.2 Å². The molecule has 17 heavy (non-hydrogen) atoms. The fourth-order valence-electron chi connectivity index (χ4n) is 1.27. The van der Waals surface area contributed by atoms with Crippen molar-refractivity contribution >= 4 is 0 Å². The lowest BCUT2D eigenvalue weighted by Crippen LogP contribution is -2.22. The smallest absolute Gasteiger partial charge is 0.119 e. The summed E-state index contributed by atoms with van der Waals surface area (Å²) < 4.78 is 5.31. The van der Waals surface area contributed by atoms with E-state index in [1.54, 1.807) is 0 Å². The largest absolute Gasteiger partial charge is 0.491 e. The van der Waals surface area contributed by atoms with Crippen molar-refractivity contribution in [2.45, 2.75) is 32.5 Å². The number of nitrogens with one attached hydrogen (secondary N) is 1. The Morgan fingerprint density at radius 3 is 2.41 bits per heavy atom. The molecular formula is C13H21NO3. The molecular weight excluding hydrogens is 218 g/mol.